The van der Waals surface area contributed by atoms with Crippen LogP contribution >= 0.6 is 0 Å². The summed E-state index contributed by atoms with van der Waals surface area (Å²) in [6.07, 6.45) is 4.08. The van der Waals surface area contributed by atoms with E-state index in [0.717, 1.165) is 45.3 Å². The highest BCUT2D eigenvalue weighted by molar-refractivity contribution is 5.76. The fourth-order valence-corrected chi connectivity index (χ4v) is 3.92. The minimum Gasteiger partial charge on any atom is -0.481 e. The average Bonchev–Trinajstić information content (AvgIpc) is 2.84. The zero-order valence-electron chi connectivity index (χ0n) is 11.2. The van der Waals surface area contributed by atoms with Crippen LogP contribution in [-0.4, -0.2) is 29.1 Å². The first kappa shape index (κ1) is 12.7. The quantitative estimate of drug-likeness (QED) is 0.907. The summed E-state index contributed by atoms with van der Waals surface area (Å²) < 4.78 is 0. The molecule has 2 atom stereocenters. The number of piperidine rings is 1. The lowest BCUT2D eigenvalue weighted by Gasteiger charge is -2.42. The summed E-state index contributed by atoms with van der Waals surface area (Å²) in [5.74, 6) is -0.176. The number of fused-ring (bicyclic) bond motifs is 1. The zero-order valence-corrected chi connectivity index (χ0v) is 11.2. The Bertz CT molecular complexity index is 459. The Labute approximate surface area is 114 Å². The molecule has 0 spiro atoms. The Morgan fingerprint density at radius 2 is 2.11 bits per heavy atom. The van der Waals surface area contributed by atoms with Gasteiger partial charge in [0.05, 0.1) is 5.41 Å². The number of likely N-dealkylation sites (tertiary alicyclic amines) is 1. The molecule has 1 aliphatic heterocycles. The minimum atomic E-state index is -0.576. The van der Waals surface area contributed by atoms with Gasteiger partial charge in [-0.25, -0.2) is 0 Å². The third-order valence-electron chi connectivity index (χ3n) is 4.93. The van der Waals surface area contributed by atoms with E-state index in [-0.39, 0.29) is 0 Å². The number of benzene rings is 1. The highest BCUT2D eigenvalue weighted by Crippen LogP contribution is 2.48. The third-order valence-corrected chi connectivity index (χ3v) is 4.93. The number of nitrogens with zero attached hydrogens (tertiary/aromatic N) is 1. The van der Waals surface area contributed by atoms with Gasteiger partial charge >= 0.3 is 5.97 Å². The zero-order chi connectivity index (χ0) is 13.3. The van der Waals surface area contributed by atoms with Crippen LogP contribution in [0.25, 0.3) is 0 Å². The molecule has 3 heteroatoms. The SMILES string of the molecule is O=C(O)C12CCCC1CCN(Cc1ccccc1)C2. The second-order valence-corrected chi connectivity index (χ2v) is 6.04. The van der Waals surface area contributed by atoms with Gasteiger partial charge in [0.15, 0.2) is 0 Å². The molecule has 1 aliphatic carbocycles. The first-order chi connectivity index (χ1) is 9.21. The fourth-order valence-electron chi connectivity index (χ4n) is 3.92. The number of rotatable bonds is 3. The van der Waals surface area contributed by atoms with Crippen molar-refractivity contribution >= 4 is 5.97 Å². The summed E-state index contributed by atoms with van der Waals surface area (Å²) in [5, 5.41) is 9.66. The normalized spacial score (nSPS) is 31.1. The maximum atomic E-state index is 11.7. The molecule has 3 nitrogen and oxygen atoms in total. The van der Waals surface area contributed by atoms with Crippen molar-refractivity contribution in [1.82, 2.24) is 4.90 Å². The smallest absolute Gasteiger partial charge is 0.311 e. The molecule has 1 aromatic rings. The van der Waals surface area contributed by atoms with Gasteiger partial charge in [-0.2, -0.15) is 0 Å². The standard InChI is InChI=1S/C16H21NO2/c18-15(19)16-9-4-7-14(16)8-10-17(12-16)11-13-5-2-1-3-6-13/h1-3,5-6,14H,4,7-12H2,(H,18,19). The van der Waals surface area contributed by atoms with E-state index in [1.165, 1.54) is 5.56 Å². The van der Waals surface area contributed by atoms with E-state index in [1.807, 2.05) is 18.2 Å². The van der Waals surface area contributed by atoms with E-state index >= 15 is 0 Å². The molecule has 2 aliphatic rings. The Hall–Kier alpha value is -1.35. The Balaban J connectivity index is 1.74. The summed E-state index contributed by atoms with van der Waals surface area (Å²) >= 11 is 0. The van der Waals surface area contributed by atoms with Gasteiger partial charge in [0.25, 0.3) is 0 Å². The molecular weight excluding hydrogens is 238 g/mol. The van der Waals surface area contributed by atoms with Gasteiger partial charge in [-0.3, -0.25) is 9.69 Å². The van der Waals surface area contributed by atoms with Crippen molar-refractivity contribution in [2.75, 3.05) is 13.1 Å². The number of carboxylic acids is 1. The van der Waals surface area contributed by atoms with Crippen molar-refractivity contribution in [3.63, 3.8) is 0 Å². The predicted molar refractivity (Wildman–Crippen MR) is 73.7 cm³/mol. The monoisotopic (exact) mass is 259 g/mol. The lowest BCUT2D eigenvalue weighted by atomic mass is 9.73. The summed E-state index contributed by atoms with van der Waals surface area (Å²) in [6, 6.07) is 10.4. The molecule has 0 aromatic heterocycles. The molecule has 2 fully saturated rings. The van der Waals surface area contributed by atoms with E-state index in [0.29, 0.717) is 5.92 Å². The Morgan fingerprint density at radius 1 is 1.32 bits per heavy atom. The van der Waals surface area contributed by atoms with Gasteiger partial charge in [0.1, 0.15) is 0 Å². The molecule has 1 saturated heterocycles. The van der Waals surface area contributed by atoms with Crippen molar-refractivity contribution < 1.29 is 9.90 Å². The molecule has 19 heavy (non-hydrogen) atoms. The van der Waals surface area contributed by atoms with Crippen molar-refractivity contribution in [2.24, 2.45) is 11.3 Å². The molecule has 3 rings (SSSR count). The van der Waals surface area contributed by atoms with Crippen LogP contribution < -0.4 is 0 Å². The molecule has 1 saturated carbocycles. The molecule has 1 heterocycles. The number of hydrogen-bond donors (Lipinski definition) is 1. The molecule has 2 unspecified atom stereocenters. The number of carboxylic acid groups (broad SMARTS) is 1. The summed E-state index contributed by atoms with van der Waals surface area (Å²) in [4.78, 5) is 14.1. The average molecular weight is 259 g/mol. The van der Waals surface area contributed by atoms with Crippen LogP contribution in [0.5, 0.6) is 0 Å². The van der Waals surface area contributed by atoms with Crippen LogP contribution in [-0.2, 0) is 11.3 Å². The highest BCUT2D eigenvalue weighted by atomic mass is 16.4. The second kappa shape index (κ2) is 4.97. The molecule has 1 aromatic carbocycles. The largest absolute Gasteiger partial charge is 0.481 e. The fraction of sp³-hybridized carbons (Fsp3) is 0.562. The van der Waals surface area contributed by atoms with Crippen LogP contribution in [0.15, 0.2) is 30.3 Å². The van der Waals surface area contributed by atoms with Gasteiger partial charge < -0.3 is 5.11 Å². The minimum absolute atomic E-state index is 0.400. The molecule has 0 amide bonds. The first-order valence-corrected chi connectivity index (χ1v) is 7.20. The van der Waals surface area contributed by atoms with Crippen LogP contribution in [0.3, 0.4) is 0 Å². The molecular formula is C16H21NO2. The lowest BCUT2D eigenvalue weighted by molar-refractivity contribution is -0.155. The van der Waals surface area contributed by atoms with Gasteiger partial charge in [-0.05, 0) is 37.3 Å². The van der Waals surface area contributed by atoms with Crippen molar-refractivity contribution in [2.45, 2.75) is 32.2 Å². The topological polar surface area (TPSA) is 40.5 Å². The lowest BCUT2D eigenvalue weighted by Crippen LogP contribution is -2.50. The molecule has 0 bridgehead atoms. The van der Waals surface area contributed by atoms with E-state index in [4.69, 9.17) is 0 Å². The van der Waals surface area contributed by atoms with Crippen molar-refractivity contribution in [1.29, 1.82) is 0 Å². The van der Waals surface area contributed by atoms with E-state index in [9.17, 15) is 9.90 Å². The van der Waals surface area contributed by atoms with Crippen molar-refractivity contribution in [3.05, 3.63) is 35.9 Å². The van der Waals surface area contributed by atoms with E-state index in [1.54, 1.807) is 0 Å². The van der Waals surface area contributed by atoms with E-state index < -0.39 is 11.4 Å². The summed E-state index contributed by atoms with van der Waals surface area (Å²) in [5.41, 5.74) is 0.812. The third kappa shape index (κ3) is 2.27. The number of hydrogen-bond acceptors (Lipinski definition) is 2. The van der Waals surface area contributed by atoms with Gasteiger partial charge in [0.2, 0.25) is 0 Å². The van der Waals surface area contributed by atoms with Crippen LogP contribution in [0.1, 0.15) is 31.2 Å². The summed E-state index contributed by atoms with van der Waals surface area (Å²) in [6.45, 7) is 2.64. The van der Waals surface area contributed by atoms with Crippen LogP contribution in [0.4, 0.5) is 0 Å². The molecule has 102 valence electrons. The van der Waals surface area contributed by atoms with Gasteiger partial charge in [-0.1, -0.05) is 36.8 Å². The first-order valence-electron chi connectivity index (χ1n) is 7.20. The Morgan fingerprint density at radius 3 is 2.84 bits per heavy atom. The van der Waals surface area contributed by atoms with E-state index in [2.05, 4.69) is 17.0 Å². The Kier molecular flexibility index (Phi) is 3.31. The molecule has 0 radical (unpaired) electrons. The van der Waals surface area contributed by atoms with Crippen LogP contribution in [0, 0.1) is 11.3 Å². The second-order valence-electron chi connectivity index (χ2n) is 6.04. The maximum absolute atomic E-state index is 11.7. The number of carbonyl (C=O) groups is 1. The maximum Gasteiger partial charge on any atom is 0.311 e. The van der Waals surface area contributed by atoms with Crippen molar-refractivity contribution in [3.8, 4) is 0 Å². The highest BCUT2D eigenvalue weighted by Gasteiger charge is 2.51. The number of aliphatic carboxylic acids is 1. The predicted octanol–water partition coefficient (Wildman–Crippen LogP) is 2.76. The van der Waals surface area contributed by atoms with Gasteiger partial charge in [-0.15, -0.1) is 0 Å². The summed E-state index contributed by atoms with van der Waals surface area (Å²) in [7, 11) is 0. The van der Waals surface area contributed by atoms with Crippen LogP contribution in [0.2, 0.25) is 0 Å². The van der Waals surface area contributed by atoms with Gasteiger partial charge in [0, 0.05) is 13.1 Å². The molecule has 1 N–H and O–H groups in total.